The molecule has 2 aromatic carbocycles. The SMILES string of the molecule is CCN(CC)c1ccc(NC(=O)c2cc3ccc(F)cc3[nH]2)c(C)c1. The molecule has 1 amide bonds. The summed E-state index contributed by atoms with van der Waals surface area (Å²) in [7, 11) is 0. The van der Waals surface area contributed by atoms with Crippen LogP contribution in [-0.4, -0.2) is 24.0 Å². The molecule has 25 heavy (non-hydrogen) atoms. The van der Waals surface area contributed by atoms with Crippen LogP contribution in [0, 0.1) is 12.7 Å². The molecule has 2 N–H and O–H groups in total. The van der Waals surface area contributed by atoms with Gasteiger partial charge in [-0.3, -0.25) is 4.79 Å². The fourth-order valence-corrected chi connectivity index (χ4v) is 2.98. The fourth-order valence-electron chi connectivity index (χ4n) is 2.98. The maximum Gasteiger partial charge on any atom is 0.272 e. The molecule has 0 unspecified atom stereocenters. The van der Waals surface area contributed by atoms with E-state index in [4.69, 9.17) is 0 Å². The van der Waals surface area contributed by atoms with Gasteiger partial charge in [0.05, 0.1) is 0 Å². The average molecular weight is 339 g/mol. The topological polar surface area (TPSA) is 48.1 Å². The van der Waals surface area contributed by atoms with Crippen molar-refractivity contribution in [2.24, 2.45) is 0 Å². The van der Waals surface area contributed by atoms with E-state index in [0.717, 1.165) is 35.4 Å². The van der Waals surface area contributed by atoms with Crippen LogP contribution >= 0.6 is 0 Å². The maximum atomic E-state index is 13.3. The van der Waals surface area contributed by atoms with Gasteiger partial charge in [-0.2, -0.15) is 0 Å². The molecule has 0 aliphatic rings. The Morgan fingerprint density at radius 2 is 1.88 bits per heavy atom. The van der Waals surface area contributed by atoms with Gasteiger partial charge >= 0.3 is 0 Å². The van der Waals surface area contributed by atoms with Gasteiger partial charge in [-0.1, -0.05) is 0 Å². The van der Waals surface area contributed by atoms with E-state index >= 15 is 0 Å². The van der Waals surface area contributed by atoms with Crippen LogP contribution in [-0.2, 0) is 0 Å². The predicted molar refractivity (Wildman–Crippen MR) is 101 cm³/mol. The number of nitrogens with zero attached hydrogens (tertiary/aromatic N) is 1. The molecule has 0 fully saturated rings. The monoisotopic (exact) mass is 339 g/mol. The molecule has 3 aromatic rings. The largest absolute Gasteiger partial charge is 0.372 e. The van der Waals surface area contributed by atoms with Gasteiger partial charge in [0.2, 0.25) is 0 Å². The van der Waals surface area contributed by atoms with Crippen molar-refractivity contribution in [1.29, 1.82) is 0 Å². The van der Waals surface area contributed by atoms with Crippen molar-refractivity contribution in [1.82, 2.24) is 4.98 Å². The van der Waals surface area contributed by atoms with Gasteiger partial charge in [-0.25, -0.2) is 4.39 Å². The summed E-state index contributed by atoms with van der Waals surface area (Å²) in [6.07, 6.45) is 0. The van der Waals surface area contributed by atoms with Crippen molar-refractivity contribution in [3.05, 3.63) is 59.5 Å². The second-order valence-corrected chi connectivity index (χ2v) is 6.04. The van der Waals surface area contributed by atoms with E-state index in [2.05, 4.69) is 35.1 Å². The number of anilines is 2. The van der Waals surface area contributed by atoms with Gasteiger partial charge in [0.15, 0.2) is 0 Å². The van der Waals surface area contributed by atoms with Crippen molar-refractivity contribution >= 4 is 28.2 Å². The third-order valence-electron chi connectivity index (χ3n) is 4.42. The van der Waals surface area contributed by atoms with Crippen LogP contribution in [0.15, 0.2) is 42.5 Å². The molecule has 0 spiro atoms. The number of benzene rings is 2. The Morgan fingerprint density at radius 3 is 2.56 bits per heavy atom. The highest BCUT2D eigenvalue weighted by Crippen LogP contribution is 2.24. The van der Waals surface area contributed by atoms with Crippen LogP contribution in [0.25, 0.3) is 10.9 Å². The molecule has 1 heterocycles. The quantitative estimate of drug-likeness (QED) is 0.707. The molecule has 3 rings (SSSR count). The lowest BCUT2D eigenvalue weighted by Crippen LogP contribution is -2.22. The average Bonchev–Trinajstić information content (AvgIpc) is 3.01. The normalized spacial score (nSPS) is 10.9. The van der Waals surface area contributed by atoms with Crippen LogP contribution in [0.3, 0.4) is 0 Å². The summed E-state index contributed by atoms with van der Waals surface area (Å²) in [6.45, 7) is 8.09. The minimum absolute atomic E-state index is 0.240. The summed E-state index contributed by atoms with van der Waals surface area (Å²) in [6, 6.07) is 12.2. The second kappa shape index (κ2) is 6.97. The number of H-pyrrole nitrogens is 1. The number of rotatable bonds is 5. The summed E-state index contributed by atoms with van der Waals surface area (Å²) >= 11 is 0. The lowest BCUT2D eigenvalue weighted by atomic mass is 10.1. The van der Waals surface area contributed by atoms with Gasteiger partial charge < -0.3 is 15.2 Å². The molecule has 4 nitrogen and oxygen atoms in total. The highest BCUT2D eigenvalue weighted by molar-refractivity contribution is 6.06. The zero-order chi connectivity index (χ0) is 18.0. The van der Waals surface area contributed by atoms with Crippen molar-refractivity contribution in [2.45, 2.75) is 20.8 Å². The summed E-state index contributed by atoms with van der Waals surface area (Å²) in [5, 5.41) is 3.73. The van der Waals surface area contributed by atoms with Gasteiger partial charge in [-0.05, 0) is 68.8 Å². The van der Waals surface area contributed by atoms with Gasteiger partial charge in [0, 0.05) is 35.4 Å². The van der Waals surface area contributed by atoms with Crippen molar-refractivity contribution in [2.75, 3.05) is 23.3 Å². The van der Waals surface area contributed by atoms with E-state index < -0.39 is 0 Å². The number of hydrogen-bond acceptors (Lipinski definition) is 2. The molecule has 5 heteroatoms. The van der Waals surface area contributed by atoms with Gasteiger partial charge in [0.1, 0.15) is 11.5 Å². The van der Waals surface area contributed by atoms with Gasteiger partial charge in [0.25, 0.3) is 5.91 Å². The number of hydrogen-bond donors (Lipinski definition) is 2. The van der Waals surface area contributed by atoms with Crippen LogP contribution in [0.4, 0.5) is 15.8 Å². The number of carbonyl (C=O) groups excluding carboxylic acids is 1. The lowest BCUT2D eigenvalue weighted by Gasteiger charge is -2.22. The highest BCUT2D eigenvalue weighted by atomic mass is 19.1. The van der Waals surface area contributed by atoms with Crippen LogP contribution in [0.2, 0.25) is 0 Å². The lowest BCUT2D eigenvalue weighted by molar-refractivity contribution is 0.102. The number of fused-ring (bicyclic) bond motifs is 1. The van der Waals surface area contributed by atoms with Crippen LogP contribution in [0.5, 0.6) is 0 Å². The first-order valence-corrected chi connectivity index (χ1v) is 8.47. The summed E-state index contributed by atoms with van der Waals surface area (Å²) in [5.41, 5.74) is 3.93. The minimum Gasteiger partial charge on any atom is -0.372 e. The molecule has 0 radical (unpaired) electrons. The number of carbonyl (C=O) groups is 1. The molecule has 1 aromatic heterocycles. The molecular weight excluding hydrogens is 317 g/mol. The van der Waals surface area contributed by atoms with Crippen molar-refractivity contribution in [3.8, 4) is 0 Å². The Bertz CT molecular complexity index is 912. The van der Waals surface area contributed by atoms with Crippen LogP contribution in [0.1, 0.15) is 29.9 Å². The van der Waals surface area contributed by atoms with E-state index in [9.17, 15) is 9.18 Å². The second-order valence-electron chi connectivity index (χ2n) is 6.04. The highest BCUT2D eigenvalue weighted by Gasteiger charge is 2.12. The first kappa shape index (κ1) is 17.0. The van der Waals surface area contributed by atoms with E-state index in [1.807, 2.05) is 19.1 Å². The third kappa shape index (κ3) is 3.50. The van der Waals surface area contributed by atoms with E-state index in [-0.39, 0.29) is 11.7 Å². The summed E-state index contributed by atoms with van der Waals surface area (Å²) in [5.74, 6) is -0.570. The van der Waals surface area contributed by atoms with Crippen LogP contribution < -0.4 is 10.2 Å². The molecular formula is C20H22FN3O. The number of aromatic nitrogens is 1. The van der Waals surface area contributed by atoms with Crippen molar-refractivity contribution < 1.29 is 9.18 Å². The molecule has 0 bridgehead atoms. The van der Waals surface area contributed by atoms with Crippen molar-refractivity contribution in [3.63, 3.8) is 0 Å². The summed E-state index contributed by atoms with van der Waals surface area (Å²) in [4.78, 5) is 17.7. The Balaban J connectivity index is 1.82. The zero-order valence-corrected chi connectivity index (χ0v) is 14.7. The fraction of sp³-hybridized carbons (Fsp3) is 0.250. The zero-order valence-electron chi connectivity index (χ0n) is 14.7. The minimum atomic E-state index is -0.329. The standard InChI is InChI=1S/C20H22FN3O/c1-4-24(5-2)16-8-9-17(13(3)10-16)23-20(25)19-11-14-6-7-15(21)12-18(14)22-19/h6-12,22H,4-5H2,1-3H3,(H,23,25). The Morgan fingerprint density at radius 1 is 1.12 bits per heavy atom. The first-order valence-electron chi connectivity index (χ1n) is 8.47. The Labute approximate surface area is 146 Å². The predicted octanol–water partition coefficient (Wildman–Crippen LogP) is 4.71. The smallest absolute Gasteiger partial charge is 0.272 e. The number of amides is 1. The Hall–Kier alpha value is -2.82. The molecule has 0 aliphatic heterocycles. The number of aromatic amines is 1. The third-order valence-corrected chi connectivity index (χ3v) is 4.42. The van der Waals surface area contributed by atoms with E-state index in [1.165, 1.54) is 12.1 Å². The van der Waals surface area contributed by atoms with E-state index in [0.29, 0.717) is 11.2 Å². The maximum absolute atomic E-state index is 13.3. The first-order chi connectivity index (χ1) is 12.0. The molecule has 0 atom stereocenters. The number of halogens is 1. The van der Waals surface area contributed by atoms with E-state index in [1.54, 1.807) is 12.1 Å². The number of nitrogens with one attached hydrogen (secondary N) is 2. The molecule has 0 aliphatic carbocycles. The molecule has 0 saturated heterocycles. The molecule has 0 saturated carbocycles. The molecule has 130 valence electrons. The van der Waals surface area contributed by atoms with Gasteiger partial charge in [-0.15, -0.1) is 0 Å². The number of aryl methyl sites for hydroxylation is 1. The Kier molecular flexibility index (Phi) is 4.74. The summed E-state index contributed by atoms with van der Waals surface area (Å²) < 4.78 is 13.3.